The summed E-state index contributed by atoms with van der Waals surface area (Å²) in [7, 11) is 1.27. The quantitative estimate of drug-likeness (QED) is 0.580. The van der Waals surface area contributed by atoms with E-state index in [2.05, 4.69) is 5.32 Å². The number of nitrogens with zero attached hydrogens (tertiary/aromatic N) is 1. The van der Waals surface area contributed by atoms with E-state index in [-0.39, 0.29) is 23.4 Å². The normalized spacial score (nSPS) is 16.7. The molecule has 1 saturated heterocycles. The zero-order chi connectivity index (χ0) is 26.7. The Morgan fingerprint density at radius 3 is 2.17 bits per heavy atom. The second-order valence-corrected chi connectivity index (χ2v) is 9.76. The summed E-state index contributed by atoms with van der Waals surface area (Å²) >= 11 is 0. The van der Waals surface area contributed by atoms with Gasteiger partial charge in [-0.15, -0.1) is 0 Å². The maximum absolute atomic E-state index is 13.9. The standard InChI is InChI=1S/C26H31F3N2O5/c1-24(2,3)36-23(33)31-14-12-18(13-15-31)17-8-10-20(11-9-17)30-22(32)25(34,26(27,28)29)19-6-5-7-21(16-19)35-4/h5-11,16,18,34H,12-15H2,1-4H3,(H,30,32)/t25-/m1/s1. The van der Waals surface area contributed by atoms with Gasteiger partial charge in [0.25, 0.3) is 11.5 Å². The van der Waals surface area contributed by atoms with Crippen molar-refractivity contribution in [3.63, 3.8) is 0 Å². The van der Waals surface area contributed by atoms with Gasteiger partial charge in [0.2, 0.25) is 0 Å². The third kappa shape index (κ3) is 6.10. The molecular formula is C26H31F3N2O5. The Kier molecular flexibility index (Phi) is 7.88. The van der Waals surface area contributed by atoms with E-state index in [1.807, 2.05) is 20.8 Å². The van der Waals surface area contributed by atoms with Crippen molar-refractivity contribution < 1.29 is 37.3 Å². The summed E-state index contributed by atoms with van der Waals surface area (Å²) in [4.78, 5) is 26.6. The molecule has 1 atom stereocenters. The highest BCUT2D eigenvalue weighted by atomic mass is 19.4. The van der Waals surface area contributed by atoms with E-state index < -0.39 is 28.8 Å². The molecule has 0 saturated carbocycles. The molecule has 2 N–H and O–H groups in total. The topological polar surface area (TPSA) is 88.1 Å². The third-order valence-electron chi connectivity index (χ3n) is 6.01. The first-order valence-electron chi connectivity index (χ1n) is 11.6. The lowest BCUT2D eigenvalue weighted by Gasteiger charge is -2.33. The van der Waals surface area contributed by atoms with Gasteiger partial charge in [0, 0.05) is 24.3 Å². The molecule has 2 amide bonds. The first-order chi connectivity index (χ1) is 16.7. The van der Waals surface area contributed by atoms with E-state index in [9.17, 15) is 27.9 Å². The minimum absolute atomic E-state index is 0.0741. The van der Waals surface area contributed by atoms with Crippen LogP contribution < -0.4 is 10.1 Å². The van der Waals surface area contributed by atoms with Crippen LogP contribution in [-0.4, -0.2) is 54.0 Å². The summed E-state index contributed by atoms with van der Waals surface area (Å²) in [6.07, 6.45) is -4.22. The maximum Gasteiger partial charge on any atom is 0.430 e. The lowest BCUT2D eigenvalue weighted by molar-refractivity contribution is -0.254. The largest absolute Gasteiger partial charge is 0.497 e. The summed E-state index contributed by atoms with van der Waals surface area (Å²) in [5, 5.41) is 12.7. The predicted octanol–water partition coefficient (Wildman–Crippen LogP) is 5.20. The average Bonchev–Trinajstić information content (AvgIpc) is 2.82. The van der Waals surface area contributed by atoms with Crippen molar-refractivity contribution >= 4 is 17.7 Å². The van der Waals surface area contributed by atoms with Crippen LogP contribution in [0.15, 0.2) is 48.5 Å². The molecule has 1 fully saturated rings. The van der Waals surface area contributed by atoms with Crippen LogP contribution in [0.25, 0.3) is 0 Å². The second kappa shape index (κ2) is 10.4. The van der Waals surface area contributed by atoms with E-state index in [1.165, 1.54) is 31.4 Å². The number of benzene rings is 2. The van der Waals surface area contributed by atoms with Crippen LogP contribution in [0, 0.1) is 0 Å². The first-order valence-corrected chi connectivity index (χ1v) is 11.6. The van der Waals surface area contributed by atoms with E-state index in [0.717, 1.165) is 17.7 Å². The number of halogens is 3. The van der Waals surface area contributed by atoms with Gasteiger partial charge in [0.05, 0.1) is 7.11 Å². The number of hydrogen-bond donors (Lipinski definition) is 2. The molecule has 2 aromatic carbocycles. The summed E-state index contributed by atoms with van der Waals surface area (Å²) in [6.45, 7) is 6.48. The van der Waals surface area contributed by atoms with Gasteiger partial charge >= 0.3 is 12.3 Å². The lowest BCUT2D eigenvalue weighted by Crippen LogP contribution is -2.52. The van der Waals surface area contributed by atoms with Crippen molar-refractivity contribution in [2.75, 3.05) is 25.5 Å². The number of hydrogen-bond acceptors (Lipinski definition) is 5. The highest BCUT2D eigenvalue weighted by molar-refractivity contribution is 5.98. The number of carbonyl (C=O) groups excluding carboxylic acids is 2. The fourth-order valence-electron chi connectivity index (χ4n) is 4.05. The number of piperidine rings is 1. The number of aliphatic hydroxyl groups is 1. The summed E-state index contributed by atoms with van der Waals surface area (Å²) in [6, 6.07) is 11.1. The van der Waals surface area contributed by atoms with Gasteiger partial charge in [-0.25, -0.2) is 4.79 Å². The van der Waals surface area contributed by atoms with Crippen LogP contribution in [0.3, 0.4) is 0 Å². The number of nitrogens with one attached hydrogen (secondary N) is 1. The van der Waals surface area contributed by atoms with Gasteiger partial charge in [-0.05, 0) is 69.4 Å². The van der Waals surface area contributed by atoms with Gasteiger partial charge in [0.1, 0.15) is 11.4 Å². The highest BCUT2D eigenvalue weighted by Crippen LogP contribution is 2.41. The maximum atomic E-state index is 13.9. The minimum Gasteiger partial charge on any atom is -0.497 e. The molecule has 0 radical (unpaired) electrons. The zero-order valence-corrected chi connectivity index (χ0v) is 20.7. The van der Waals surface area contributed by atoms with E-state index in [4.69, 9.17) is 9.47 Å². The number of ether oxygens (including phenoxy) is 2. The lowest BCUT2D eigenvalue weighted by atomic mass is 9.89. The van der Waals surface area contributed by atoms with E-state index in [0.29, 0.717) is 25.9 Å². The van der Waals surface area contributed by atoms with Gasteiger partial charge in [-0.2, -0.15) is 13.2 Å². The Hall–Kier alpha value is -3.27. The smallest absolute Gasteiger partial charge is 0.430 e. The van der Waals surface area contributed by atoms with Crippen molar-refractivity contribution in [1.82, 2.24) is 4.90 Å². The number of anilines is 1. The molecule has 0 bridgehead atoms. The van der Waals surface area contributed by atoms with Gasteiger partial charge in [-0.1, -0.05) is 24.3 Å². The molecule has 1 aliphatic rings. The minimum atomic E-state index is -5.27. The van der Waals surface area contributed by atoms with E-state index in [1.54, 1.807) is 17.0 Å². The second-order valence-electron chi connectivity index (χ2n) is 9.76. The average molecular weight is 509 g/mol. The molecule has 0 aliphatic carbocycles. The van der Waals surface area contributed by atoms with Gasteiger partial charge in [-0.3, -0.25) is 4.79 Å². The Bertz CT molecular complexity index is 1070. The Labute approximate surface area is 208 Å². The molecule has 7 nitrogen and oxygen atoms in total. The van der Waals surface area contributed by atoms with E-state index >= 15 is 0 Å². The van der Waals surface area contributed by atoms with Crippen molar-refractivity contribution in [2.24, 2.45) is 0 Å². The van der Waals surface area contributed by atoms with Crippen molar-refractivity contribution in [3.05, 3.63) is 59.7 Å². The molecule has 0 aromatic heterocycles. The number of carbonyl (C=O) groups is 2. The molecule has 0 spiro atoms. The Balaban J connectivity index is 1.68. The fraction of sp³-hybridized carbons (Fsp3) is 0.462. The molecule has 1 heterocycles. The van der Waals surface area contributed by atoms with Crippen LogP contribution in [0.1, 0.15) is 50.7 Å². The molecule has 0 unspecified atom stereocenters. The van der Waals surface area contributed by atoms with Crippen molar-refractivity contribution in [2.45, 2.75) is 56.9 Å². The third-order valence-corrected chi connectivity index (χ3v) is 6.01. The van der Waals surface area contributed by atoms with Crippen molar-refractivity contribution in [1.29, 1.82) is 0 Å². The summed E-state index contributed by atoms with van der Waals surface area (Å²) < 4.78 is 52.0. The molecule has 3 rings (SSSR count). The number of alkyl halides is 3. The first kappa shape index (κ1) is 27.3. The van der Waals surface area contributed by atoms with Crippen LogP contribution in [0.5, 0.6) is 5.75 Å². The van der Waals surface area contributed by atoms with Crippen LogP contribution in [0.4, 0.5) is 23.7 Å². The van der Waals surface area contributed by atoms with Crippen LogP contribution in [-0.2, 0) is 15.1 Å². The SMILES string of the molecule is COc1cccc([C@@](O)(C(=O)Nc2ccc(C3CCN(C(=O)OC(C)(C)C)CC3)cc2)C(F)(F)F)c1. The molecular weight excluding hydrogens is 477 g/mol. The Morgan fingerprint density at radius 2 is 1.64 bits per heavy atom. The fourth-order valence-corrected chi connectivity index (χ4v) is 4.05. The number of rotatable bonds is 5. The van der Waals surface area contributed by atoms with Crippen LogP contribution in [0.2, 0.25) is 0 Å². The number of methoxy groups -OCH3 is 1. The highest BCUT2D eigenvalue weighted by Gasteiger charge is 2.61. The Morgan fingerprint density at radius 1 is 1.03 bits per heavy atom. The molecule has 2 aromatic rings. The summed E-state index contributed by atoms with van der Waals surface area (Å²) in [5.74, 6) is -1.40. The molecule has 36 heavy (non-hydrogen) atoms. The zero-order valence-electron chi connectivity index (χ0n) is 20.7. The van der Waals surface area contributed by atoms with Gasteiger partial charge in [0.15, 0.2) is 0 Å². The van der Waals surface area contributed by atoms with Crippen molar-refractivity contribution in [3.8, 4) is 5.75 Å². The predicted molar refractivity (Wildman–Crippen MR) is 128 cm³/mol. The van der Waals surface area contributed by atoms with Crippen LogP contribution >= 0.6 is 0 Å². The molecule has 1 aliphatic heterocycles. The summed E-state index contributed by atoms with van der Waals surface area (Å²) in [5.41, 5.74) is -3.94. The molecule has 10 heteroatoms. The van der Waals surface area contributed by atoms with Gasteiger partial charge < -0.3 is 24.8 Å². The molecule has 196 valence electrons. The number of amides is 2. The monoisotopic (exact) mass is 508 g/mol. The number of likely N-dealkylation sites (tertiary alicyclic amines) is 1.